The molecule has 0 aliphatic heterocycles. The Balaban J connectivity index is 2.51. The molecule has 18 heavy (non-hydrogen) atoms. The summed E-state index contributed by atoms with van der Waals surface area (Å²) in [5, 5.41) is 3.76. The van der Waals surface area contributed by atoms with Crippen molar-refractivity contribution in [2.24, 2.45) is 0 Å². The zero-order valence-corrected chi connectivity index (χ0v) is 12.6. The van der Waals surface area contributed by atoms with Crippen molar-refractivity contribution in [1.29, 1.82) is 0 Å². The van der Waals surface area contributed by atoms with Crippen LogP contribution in [0.1, 0.15) is 33.3 Å². The van der Waals surface area contributed by atoms with Gasteiger partial charge < -0.3 is 5.32 Å². The smallest absolute Gasteiger partial charge is 0.0574 e. The fraction of sp³-hybridized carbons (Fsp3) is 0.500. The highest BCUT2D eigenvalue weighted by Crippen LogP contribution is 2.27. The first-order valence-corrected chi connectivity index (χ1v) is 7.23. The van der Waals surface area contributed by atoms with Gasteiger partial charge in [0.25, 0.3) is 0 Å². The lowest BCUT2D eigenvalue weighted by atomic mass is 9.87. The van der Waals surface area contributed by atoms with Gasteiger partial charge in [-0.15, -0.1) is 18.2 Å². The zero-order chi connectivity index (χ0) is 13.6. The maximum atomic E-state index is 5.21. The SMILES string of the molecule is C#CCNCC(C)Sc1ccc(C(C)(C)C)cc1. The summed E-state index contributed by atoms with van der Waals surface area (Å²) < 4.78 is 0. The molecule has 1 nitrogen and oxygen atoms in total. The normalized spacial score (nSPS) is 13.1. The molecule has 0 spiro atoms. The van der Waals surface area contributed by atoms with Gasteiger partial charge in [-0.25, -0.2) is 0 Å². The van der Waals surface area contributed by atoms with Crippen LogP contribution in [0.5, 0.6) is 0 Å². The van der Waals surface area contributed by atoms with Crippen molar-refractivity contribution in [2.45, 2.75) is 43.3 Å². The van der Waals surface area contributed by atoms with Gasteiger partial charge in [-0.2, -0.15) is 0 Å². The van der Waals surface area contributed by atoms with E-state index in [0.717, 1.165) is 6.54 Å². The molecule has 0 saturated carbocycles. The summed E-state index contributed by atoms with van der Waals surface area (Å²) in [7, 11) is 0. The molecule has 0 radical (unpaired) electrons. The molecule has 0 aliphatic carbocycles. The Kier molecular flexibility index (Phi) is 5.78. The van der Waals surface area contributed by atoms with Crippen LogP contribution in [-0.2, 0) is 5.41 Å². The van der Waals surface area contributed by atoms with Crippen LogP contribution < -0.4 is 5.32 Å². The highest BCUT2D eigenvalue weighted by molar-refractivity contribution is 8.00. The second kappa shape index (κ2) is 6.87. The Hall–Kier alpha value is -0.910. The number of hydrogen-bond donors (Lipinski definition) is 1. The van der Waals surface area contributed by atoms with Crippen LogP contribution in [-0.4, -0.2) is 18.3 Å². The first-order chi connectivity index (χ1) is 8.43. The maximum absolute atomic E-state index is 5.21. The Bertz CT molecular complexity index is 395. The molecule has 0 aromatic heterocycles. The number of rotatable bonds is 5. The average molecular weight is 261 g/mol. The molecule has 1 atom stereocenters. The minimum Gasteiger partial charge on any atom is -0.305 e. The van der Waals surface area contributed by atoms with E-state index in [1.165, 1.54) is 10.5 Å². The number of terminal acetylenes is 1. The standard InChI is InChI=1S/C16H23NS/c1-6-11-17-12-13(2)18-15-9-7-14(8-10-15)16(3,4)5/h1,7-10,13,17H,11-12H2,2-5H3. The van der Waals surface area contributed by atoms with Gasteiger partial charge in [0.15, 0.2) is 0 Å². The molecule has 2 heteroatoms. The second-order valence-electron chi connectivity index (χ2n) is 5.54. The van der Waals surface area contributed by atoms with E-state index in [-0.39, 0.29) is 5.41 Å². The highest BCUT2D eigenvalue weighted by Gasteiger charge is 2.13. The Labute approximate surface area is 116 Å². The third-order valence-electron chi connectivity index (χ3n) is 2.72. The second-order valence-corrected chi connectivity index (χ2v) is 7.05. The maximum Gasteiger partial charge on any atom is 0.0574 e. The van der Waals surface area contributed by atoms with Gasteiger partial charge in [0, 0.05) is 16.7 Å². The molecule has 0 bridgehead atoms. The molecule has 0 heterocycles. The van der Waals surface area contributed by atoms with E-state index in [4.69, 9.17) is 6.42 Å². The van der Waals surface area contributed by atoms with Gasteiger partial charge in [-0.05, 0) is 23.1 Å². The topological polar surface area (TPSA) is 12.0 Å². The van der Waals surface area contributed by atoms with E-state index in [1.807, 2.05) is 11.8 Å². The van der Waals surface area contributed by atoms with Crippen molar-refractivity contribution in [1.82, 2.24) is 5.32 Å². The summed E-state index contributed by atoms with van der Waals surface area (Å²) in [6, 6.07) is 8.87. The lowest BCUT2D eigenvalue weighted by Crippen LogP contribution is -2.22. The van der Waals surface area contributed by atoms with E-state index >= 15 is 0 Å². The molecule has 0 saturated heterocycles. The Morgan fingerprint density at radius 1 is 1.28 bits per heavy atom. The summed E-state index contributed by atoms with van der Waals surface area (Å²) in [5.74, 6) is 2.59. The van der Waals surface area contributed by atoms with Gasteiger partial charge in [0.05, 0.1) is 6.54 Å². The van der Waals surface area contributed by atoms with E-state index in [1.54, 1.807) is 0 Å². The monoisotopic (exact) mass is 261 g/mol. The fourth-order valence-corrected chi connectivity index (χ4v) is 2.61. The summed E-state index contributed by atoms with van der Waals surface area (Å²) in [5.41, 5.74) is 1.60. The van der Waals surface area contributed by atoms with Gasteiger partial charge in [-0.1, -0.05) is 45.7 Å². The quantitative estimate of drug-likeness (QED) is 0.493. The van der Waals surface area contributed by atoms with Crippen LogP contribution in [0.4, 0.5) is 0 Å². The number of thioether (sulfide) groups is 1. The van der Waals surface area contributed by atoms with E-state index in [0.29, 0.717) is 11.8 Å². The van der Waals surface area contributed by atoms with Crippen molar-refractivity contribution in [3.8, 4) is 12.3 Å². The molecule has 1 aromatic carbocycles. The van der Waals surface area contributed by atoms with Crippen molar-refractivity contribution in [2.75, 3.05) is 13.1 Å². The largest absolute Gasteiger partial charge is 0.305 e. The number of benzene rings is 1. The third kappa shape index (κ3) is 5.16. The van der Waals surface area contributed by atoms with Crippen molar-refractivity contribution in [3.05, 3.63) is 29.8 Å². The van der Waals surface area contributed by atoms with Crippen molar-refractivity contribution < 1.29 is 0 Å². The van der Waals surface area contributed by atoms with Gasteiger partial charge >= 0.3 is 0 Å². The summed E-state index contributed by atoms with van der Waals surface area (Å²) >= 11 is 1.88. The van der Waals surface area contributed by atoms with E-state index in [9.17, 15) is 0 Å². The van der Waals surface area contributed by atoms with Crippen molar-refractivity contribution in [3.63, 3.8) is 0 Å². The fourth-order valence-electron chi connectivity index (χ4n) is 1.66. The molecule has 98 valence electrons. The minimum atomic E-state index is 0.225. The van der Waals surface area contributed by atoms with E-state index in [2.05, 4.69) is 63.2 Å². The van der Waals surface area contributed by atoms with Crippen LogP contribution in [0, 0.1) is 12.3 Å². The van der Waals surface area contributed by atoms with Crippen LogP contribution >= 0.6 is 11.8 Å². The predicted molar refractivity (Wildman–Crippen MR) is 82.2 cm³/mol. The van der Waals surface area contributed by atoms with Crippen LogP contribution in [0.15, 0.2) is 29.2 Å². The summed E-state index contributed by atoms with van der Waals surface area (Å²) in [6.07, 6.45) is 5.21. The Morgan fingerprint density at radius 2 is 1.89 bits per heavy atom. The number of nitrogens with one attached hydrogen (secondary N) is 1. The lowest BCUT2D eigenvalue weighted by molar-refractivity contribution is 0.589. The summed E-state index contributed by atoms with van der Waals surface area (Å²) in [6.45, 7) is 10.5. The lowest BCUT2D eigenvalue weighted by Gasteiger charge is -2.19. The van der Waals surface area contributed by atoms with Crippen LogP contribution in [0.3, 0.4) is 0 Å². The highest BCUT2D eigenvalue weighted by atomic mass is 32.2. The molecular formula is C16H23NS. The molecule has 0 aliphatic rings. The molecule has 1 unspecified atom stereocenters. The summed E-state index contributed by atoms with van der Waals surface area (Å²) in [4.78, 5) is 1.32. The van der Waals surface area contributed by atoms with Gasteiger partial charge in [-0.3, -0.25) is 0 Å². The minimum absolute atomic E-state index is 0.225. The molecule has 1 aromatic rings. The first kappa shape index (κ1) is 15.1. The first-order valence-electron chi connectivity index (χ1n) is 6.35. The Morgan fingerprint density at radius 3 is 2.39 bits per heavy atom. The van der Waals surface area contributed by atoms with E-state index < -0.39 is 0 Å². The predicted octanol–water partition coefficient (Wildman–Crippen LogP) is 3.69. The molecule has 1 N–H and O–H groups in total. The molecule has 0 amide bonds. The average Bonchev–Trinajstić information content (AvgIpc) is 2.29. The number of hydrogen-bond acceptors (Lipinski definition) is 2. The molecular weight excluding hydrogens is 238 g/mol. The zero-order valence-electron chi connectivity index (χ0n) is 11.8. The molecule has 1 rings (SSSR count). The van der Waals surface area contributed by atoms with Crippen molar-refractivity contribution >= 4 is 11.8 Å². The van der Waals surface area contributed by atoms with Gasteiger partial charge in [0.2, 0.25) is 0 Å². The van der Waals surface area contributed by atoms with Gasteiger partial charge in [0.1, 0.15) is 0 Å². The van der Waals surface area contributed by atoms with Crippen LogP contribution in [0.2, 0.25) is 0 Å². The van der Waals surface area contributed by atoms with Crippen LogP contribution in [0.25, 0.3) is 0 Å². The third-order valence-corrected chi connectivity index (χ3v) is 3.83. The molecule has 0 fully saturated rings.